The van der Waals surface area contributed by atoms with Gasteiger partial charge in [0.2, 0.25) is 0 Å². The van der Waals surface area contributed by atoms with E-state index in [1.807, 2.05) is 6.92 Å². The number of rotatable bonds is 6. The van der Waals surface area contributed by atoms with Crippen molar-refractivity contribution in [2.45, 2.75) is 34.2 Å². The molecule has 0 saturated heterocycles. The van der Waals surface area contributed by atoms with E-state index in [-0.39, 0.29) is 6.42 Å². The highest BCUT2D eigenvalue weighted by Crippen LogP contribution is 2.33. The Morgan fingerprint density at radius 3 is 2.42 bits per heavy atom. The lowest BCUT2D eigenvalue weighted by atomic mass is 10.2. The largest absolute Gasteiger partial charge is 0.386 e. The zero-order chi connectivity index (χ0) is 14.6. The molecule has 19 heavy (non-hydrogen) atoms. The molecule has 0 bridgehead atoms. The quantitative estimate of drug-likeness (QED) is 0.642. The predicted molar refractivity (Wildman–Crippen MR) is 77.7 cm³/mol. The van der Waals surface area contributed by atoms with Crippen LogP contribution in [0.4, 0.5) is 4.39 Å². The van der Waals surface area contributed by atoms with Gasteiger partial charge in [-0.3, -0.25) is 4.21 Å². The van der Waals surface area contributed by atoms with Crippen molar-refractivity contribution in [2.75, 3.05) is 0 Å². The number of benzene rings is 1. The van der Waals surface area contributed by atoms with Gasteiger partial charge in [0.15, 0.2) is 0 Å². The Morgan fingerprint density at radius 1 is 1.47 bits per heavy atom. The van der Waals surface area contributed by atoms with Gasteiger partial charge in [-0.1, -0.05) is 47.0 Å². The van der Waals surface area contributed by atoms with Gasteiger partial charge in [-0.2, -0.15) is 0 Å². The Morgan fingerprint density at radius 2 is 2.00 bits per heavy atom. The molecule has 0 radical (unpaired) electrons. The standard InChI is InChI=1S/C13H15Cl2FO2S/c1-3-4-11(12(17)13(14,15)16)19(18)10-7-5-9(2)6-8-10/h3,5-8,11-12,17H,1,4H2,2H3/t11-,12-,19-/m0/s1. The molecule has 0 heterocycles. The van der Waals surface area contributed by atoms with Gasteiger partial charge in [0.25, 0.3) is 4.59 Å². The molecule has 6 heteroatoms. The van der Waals surface area contributed by atoms with Gasteiger partial charge in [0, 0.05) is 4.90 Å². The summed E-state index contributed by atoms with van der Waals surface area (Å²) in [5.41, 5.74) is 1.01. The number of aliphatic hydroxyl groups excluding tert-OH is 1. The summed E-state index contributed by atoms with van der Waals surface area (Å²) in [6.45, 7) is 5.40. The number of halogens is 3. The van der Waals surface area contributed by atoms with Crippen molar-refractivity contribution in [3.8, 4) is 0 Å². The molecule has 0 aliphatic heterocycles. The van der Waals surface area contributed by atoms with Crippen molar-refractivity contribution in [1.82, 2.24) is 0 Å². The third-order valence-electron chi connectivity index (χ3n) is 2.61. The van der Waals surface area contributed by atoms with Crippen LogP contribution in [-0.2, 0) is 10.8 Å². The Balaban J connectivity index is 3.02. The van der Waals surface area contributed by atoms with E-state index >= 15 is 0 Å². The lowest BCUT2D eigenvalue weighted by molar-refractivity contribution is 0.0944. The van der Waals surface area contributed by atoms with Crippen LogP contribution in [0.25, 0.3) is 0 Å². The Hall–Kier alpha value is -0.420. The first-order valence-electron chi connectivity index (χ1n) is 5.60. The topological polar surface area (TPSA) is 37.3 Å². The average Bonchev–Trinajstić information content (AvgIpc) is 2.34. The molecule has 0 aromatic heterocycles. The molecule has 1 N–H and O–H groups in total. The number of aryl methyl sites for hydroxylation is 1. The monoisotopic (exact) mass is 324 g/mol. The molecule has 0 saturated carbocycles. The molecule has 0 amide bonds. The highest BCUT2D eigenvalue weighted by molar-refractivity contribution is 7.85. The number of hydrogen-bond acceptors (Lipinski definition) is 2. The molecule has 2 nitrogen and oxygen atoms in total. The van der Waals surface area contributed by atoms with Crippen molar-refractivity contribution in [3.63, 3.8) is 0 Å². The summed E-state index contributed by atoms with van der Waals surface area (Å²) in [6, 6.07) is 6.90. The van der Waals surface area contributed by atoms with Crippen molar-refractivity contribution < 1.29 is 13.7 Å². The highest BCUT2D eigenvalue weighted by Gasteiger charge is 2.41. The van der Waals surface area contributed by atoms with Crippen LogP contribution in [0, 0.1) is 6.92 Å². The van der Waals surface area contributed by atoms with Crippen LogP contribution in [-0.4, -0.2) is 25.3 Å². The van der Waals surface area contributed by atoms with E-state index in [1.165, 1.54) is 6.08 Å². The number of alkyl halides is 3. The molecule has 1 aromatic rings. The molecule has 0 unspecified atom stereocenters. The molecular formula is C13H15Cl2FO2S. The Bertz CT molecular complexity index is 457. The maximum atomic E-state index is 13.4. The lowest BCUT2D eigenvalue weighted by Gasteiger charge is -2.25. The van der Waals surface area contributed by atoms with Crippen LogP contribution < -0.4 is 0 Å². The molecular weight excluding hydrogens is 310 g/mol. The molecule has 0 aliphatic rings. The highest BCUT2D eigenvalue weighted by atomic mass is 35.5. The van der Waals surface area contributed by atoms with Crippen LogP contribution in [0.15, 0.2) is 41.8 Å². The van der Waals surface area contributed by atoms with E-state index in [2.05, 4.69) is 6.58 Å². The minimum absolute atomic E-state index is 0.132. The Kier molecular flexibility index (Phi) is 5.99. The number of allylic oxidation sites excluding steroid dienone is 1. The maximum absolute atomic E-state index is 13.4. The van der Waals surface area contributed by atoms with Crippen LogP contribution in [0.1, 0.15) is 12.0 Å². The van der Waals surface area contributed by atoms with E-state index < -0.39 is 26.7 Å². The smallest absolute Gasteiger partial charge is 0.284 e. The van der Waals surface area contributed by atoms with E-state index in [4.69, 9.17) is 23.2 Å². The van der Waals surface area contributed by atoms with Crippen LogP contribution >= 0.6 is 23.2 Å². The van der Waals surface area contributed by atoms with Crippen molar-refractivity contribution >= 4 is 34.0 Å². The third-order valence-corrected chi connectivity index (χ3v) is 4.80. The van der Waals surface area contributed by atoms with Crippen molar-refractivity contribution in [3.05, 3.63) is 42.5 Å². The van der Waals surface area contributed by atoms with Gasteiger partial charge in [0.05, 0.1) is 16.0 Å². The first kappa shape index (κ1) is 16.6. The number of hydrogen-bond donors (Lipinski definition) is 1. The van der Waals surface area contributed by atoms with Gasteiger partial charge in [-0.05, 0) is 25.5 Å². The van der Waals surface area contributed by atoms with E-state index in [1.54, 1.807) is 24.3 Å². The van der Waals surface area contributed by atoms with E-state index in [0.717, 1.165) is 5.56 Å². The summed E-state index contributed by atoms with van der Waals surface area (Å²) >= 11 is 10.5. The van der Waals surface area contributed by atoms with Gasteiger partial charge >= 0.3 is 0 Å². The minimum Gasteiger partial charge on any atom is -0.386 e. The first-order valence-corrected chi connectivity index (χ1v) is 7.57. The fourth-order valence-electron chi connectivity index (χ4n) is 1.56. The van der Waals surface area contributed by atoms with Gasteiger partial charge < -0.3 is 5.11 Å². The third kappa shape index (κ3) is 4.56. The average molecular weight is 325 g/mol. The molecule has 106 valence electrons. The lowest BCUT2D eigenvalue weighted by Crippen LogP contribution is -2.40. The summed E-state index contributed by atoms with van der Waals surface area (Å²) in [4.78, 5) is 0.481. The maximum Gasteiger partial charge on any atom is 0.284 e. The van der Waals surface area contributed by atoms with E-state index in [9.17, 15) is 13.7 Å². The zero-order valence-corrected chi connectivity index (χ0v) is 12.7. The first-order chi connectivity index (χ1) is 8.77. The molecule has 1 rings (SSSR count). The summed E-state index contributed by atoms with van der Waals surface area (Å²) in [5.74, 6) is 0. The van der Waals surface area contributed by atoms with Crippen molar-refractivity contribution in [2.24, 2.45) is 0 Å². The normalized spacial score (nSPS) is 16.7. The fourth-order valence-corrected chi connectivity index (χ4v) is 3.50. The SMILES string of the molecule is C=CC[C@@H]([C@H](O)C(F)(Cl)Cl)[S@@](=O)c1ccc(C)cc1. The zero-order valence-electron chi connectivity index (χ0n) is 10.4. The van der Waals surface area contributed by atoms with E-state index in [0.29, 0.717) is 4.90 Å². The van der Waals surface area contributed by atoms with Crippen molar-refractivity contribution in [1.29, 1.82) is 0 Å². The summed E-state index contributed by atoms with van der Waals surface area (Å²) in [6.07, 6.45) is -0.192. The predicted octanol–water partition coefficient (Wildman–Crippen LogP) is 3.51. The second kappa shape index (κ2) is 6.84. The molecule has 0 spiro atoms. The second-order valence-electron chi connectivity index (χ2n) is 4.16. The van der Waals surface area contributed by atoms with Gasteiger partial charge in [-0.15, -0.1) is 6.58 Å². The molecule has 1 aromatic carbocycles. The van der Waals surface area contributed by atoms with Gasteiger partial charge in [0.1, 0.15) is 6.10 Å². The number of aliphatic hydroxyl groups is 1. The fraction of sp³-hybridized carbons (Fsp3) is 0.385. The summed E-state index contributed by atoms with van der Waals surface area (Å²) in [7, 11) is -1.64. The molecule has 0 aliphatic carbocycles. The van der Waals surface area contributed by atoms with Crippen LogP contribution in [0.5, 0.6) is 0 Å². The minimum atomic E-state index is -2.85. The second-order valence-corrected chi connectivity index (χ2v) is 7.13. The molecule has 3 atom stereocenters. The summed E-state index contributed by atoms with van der Waals surface area (Å²) in [5, 5.41) is 8.83. The van der Waals surface area contributed by atoms with Gasteiger partial charge in [-0.25, -0.2) is 4.39 Å². The van der Waals surface area contributed by atoms with Crippen LogP contribution in [0.2, 0.25) is 0 Å². The van der Waals surface area contributed by atoms with Crippen LogP contribution in [0.3, 0.4) is 0 Å². The molecule has 0 fully saturated rings. The summed E-state index contributed by atoms with van der Waals surface area (Å²) < 4.78 is 22.9. The Labute approximate surface area is 124 Å².